The van der Waals surface area contributed by atoms with E-state index in [4.69, 9.17) is 23.7 Å². The van der Waals surface area contributed by atoms with Crippen molar-refractivity contribution in [3.05, 3.63) is 53.3 Å². The van der Waals surface area contributed by atoms with Crippen molar-refractivity contribution in [2.45, 2.75) is 59.3 Å². The van der Waals surface area contributed by atoms with Crippen molar-refractivity contribution < 1.29 is 42.9 Å². The van der Waals surface area contributed by atoms with Gasteiger partial charge in [0, 0.05) is 25.1 Å². The highest BCUT2D eigenvalue weighted by Gasteiger charge is 2.38. The van der Waals surface area contributed by atoms with Crippen molar-refractivity contribution in [1.82, 2.24) is 10.3 Å². The van der Waals surface area contributed by atoms with Gasteiger partial charge in [-0.25, -0.2) is 9.78 Å². The average Bonchev–Trinajstić information content (AvgIpc) is 2.95. The number of esters is 3. The number of carbonyl (C=O) groups is 4. The minimum absolute atomic E-state index is 0.117. The van der Waals surface area contributed by atoms with Gasteiger partial charge in [0.05, 0.1) is 26.2 Å². The minimum atomic E-state index is -1.22. The first kappa shape index (κ1) is 30.6. The SMILES string of the molecule is COc1ccnc(C(=O)NC2COCC(Cc3ccc(C)cc3)C(OC(=O)C(C)C)C(C)OC2=O)c1OC(C)=O. The lowest BCUT2D eigenvalue weighted by molar-refractivity contribution is -0.173. The van der Waals surface area contributed by atoms with Crippen molar-refractivity contribution in [3.8, 4) is 11.5 Å². The van der Waals surface area contributed by atoms with Gasteiger partial charge in [0.15, 0.2) is 17.5 Å². The number of nitrogens with one attached hydrogen (secondary N) is 1. The van der Waals surface area contributed by atoms with Gasteiger partial charge in [-0.2, -0.15) is 0 Å². The summed E-state index contributed by atoms with van der Waals surface area (Å²) < 4.78 is 27.8. The van der Waals surface area contributed by atoms with Crippen LogP contribution in [0.25, 0.3) is 0 Å². The molecule has 0 saturated carbocycles. The van der Waals surface area contributed by atoms with Gasteiger partial charge < -0.3 is 29.0 Å². The predicted octanol–water partition coefficient (Wildman–Crippen LogP) is 2.81. The van der Waals surface area contributed by atoms with Crippen LogP contribution < -0.4 is 14.8 Å². The van der Waals surface area contributed by atoms with E-state index in [1.807, 2.05) is 31.2 Å². The third kappa shape index (κ3) is 8.01. The van der Waals surface area contributed by atoms with Crippen LogP contribution in [0.5, 0.6) is 11.5 Å². The number of carbonyl (C=O) groups excluding carboxylic acids is 4. The Hall–Kier alpha value is -3.99. The highest BCUT2D eigenvalue weighted by atomic mass is 16.6. The molecule has 3 rings (SSSR count). The van der Waals surface area contributed by atoms with Crippen molar-refractivity contribution in [2.75, 3.05) is 20.3 Å². The number of nitrogens with zero attached hydrogens (tertiary/aromatic N) is 1. The third-order valence-corrected chi connectivity index (χ3v) is 6.33. The zero-order valence-electron chi connectivity index (χ0n) is 23.6. The number of amides is 1. The van der Waals surface area contributed by atoms with Crippen LogP contribution in [-0.4, -0.2) is 67.4 Å². The van der Waals surface area contributed by atoms with Crippen molar-refractivity contribution in [2.24, 2.45) is 11.8 Å². The molecule has 40 heavy (non-hydrogen) atoms. The fraction of sp³-hybridized carbons (Fsp3) is 0.483. The number of cyclic esters (lactones) is 1. The Morgan fingerprint density at radius 3 is 2.45 bits per heavy atom. The van der Waals surface area contributed by atoms with E-state index in [0.29, 0.717) is 6.42 Å². The van der Waals surface area contributed by atoms with E-state index in [9.17, 15) is 19.2 Å². The smallest absolute Gasteiger partial charge is 0.331 e. The van der Waals surface area contributed by atoms with Gasteiger partial charge in [-0.3, -0.25) is 14.4 Å². The van der Waals surface area contributed by atoms with E-state index >= 15 is 0 Å². The van der Waals surface area contributed by atoms with Crippen LogP contribution in [0, 0.1) is 18.8 Å². The Labute approximate surface area is 233 Å². The summed E-state index contributed by atoms with van der Waals surface area (Å²) in [7, 11) is 1.35. The molecule has 4 atom stereocenters. The second-order valence-corrected chi connectivity index (χ2v) is 10.00. The number of methoxy groups -OCH3 is 1. The first-order chi connectivity index (χ1) is 19.0. The standard InChI is InChI=1S/C29H36N2O9/c1-16(2)28(34)40-25-18(4)38-29(35)22(15-37-14-21(25)13-20-9-7-17(3)8-10-20)31-27(33)24-26(39-19(5)32)23(36-6)11-12-30-24/h7-12,16,18,21-22,25H,13-15H2,1-6H3,(H,31,33). The van der Waals surface area contributed by atoms with E-state index in [-0.39, 0.29) is 42.2 Å². The van der Waals surface area contributed by atoms with E-state index in [2.05, 4.69) is 10.3 Å². The molecule has 216 valence electrons. The monoisotopic (exact) mass is 556 g/mol. The maximum Gasteiger partial charge on any atom is 0.331 e. The predicted molar refractivity (Wildman–Crippen MR) is 143 cm³/mol. The van der Waals surface area contributed by atoms with E-state index in [1.54, 1.807) is 20.8 Å². The highest BCUT2D eigenvalue weighted by molar-refractivity contribution is 5.98. The van der Waals surface area contributed by atoms with Gasteiger partial charge in [0.25, 0.3) is 5.91 Å². The first-order valence-electron chi connectivity index (χ1n) is 13.1. The molecule has 1 aliphatic rings. The van der Waals surface area contributed by atoms with Crippen LogP contribution in [0.15, 0.2) is 36.5 Å². The molecule has 0 bridgehead atoms. The lowest BCUT2D eigenvalue weighted by Gasteiger charge is -2.31. The van der Waals surface area contributed by atoms with Crippen LogP contribution in [0.1, 0.15) is 49.3 Å². The number of pyridine rings is 1. The number of aryl methyl sites for hydroxylation is 1. The van der Waals surface area contributed by atoms with Crippen LogP contribution in [0.2, 0.25) is 0 Å². The van der Waals surface area contributed by atoms with Crippen LogP contribution >= 0.6 is 0 Å². The summed E-state index contributed by atoms with van der Waals surface area (Å²) in [5.74, 6) is -3.46. The summed E-state index contributed by atoms with van der Waals surface area (Å²) in [4.78, 5) is 54.5. The summed E-state index contributed by atoms with van der Waals surface area (Å²) >= 11 is 0. The van der Waals surface area contributed by atoms with Gasteiger partial charge in [-0.15, -0.1) is 0 Å². The minimum Gasteiger partial charge on any atom is -0.493 e. The molecule has 1 aromatic heterocycles. The summed E-state index contributed by atoms with van der Waals surface area (Å²) in [5.41, 5.74) is 1.87. The molecule has 1 aromatic carbocycles. The summed E-state index contributed by atoms with van der Waals surface area (Å²) in [6.07, 6.45) is 0.197. The lowest BCUT2D eigenvalue weighted by Crippen LogP contribution is -2.47. The molecule has 2 heterocycles. The quantitative estimate of drug-likeness (QED) is 0.483. The molecule has 11 nitrogen and oxygen atoms in total. The molecule has 11 heteroatoms. The molecule has 2 aromatic rings. The van der Waals surface area contributed by atoms with Crippen molar-refractivity contribution >= 4 is 23.8 Å². The Morgan fingerprint density at radius 2 is 1.82 bits per heavy atom. The molecular weight excluding hydrogens is 520 g/mol. The van der Waals surface area contributed by atoms with Crippen LogP contribution in [-0.2, 0) is 35.0 Å². The Kier molecular flexibility index (Phi) is 10.6. The first-order valence-corrected chi connectivity index (χ1v) is 13.1. The van der Waals surface area contributed by atoms with Gasteiger partial charge >= 0.3 is 17.9 Å². The number of benzene rings is 1. The van der Waals surface area contributed by atoms with Crippen molar-refractivity contribution in [3.63, 3.8) is 0 Å². The fourth-order valence-electron chi connectivity index (χ4n) is 4.20. The summed E-state index contributed by atoms with van der Waals surface area (Å²) in [6.45, 7) is 8.18. The molecular formula is C29H36N2O9. The van der Waals surface area contributed by atoms with E-state index < -0.39 is 42.1 Å². The second-order valence-electron chi connectivity index (χ2n) is 10.00. The maximum atomic E-state index is 13.2. The van der Waals surface area contributed by atoms with Gasteiger partial charge in [-0.1, -0.05) is 43.7 Å². The summed E-state index contributed by atoms with van der Waals surface area (Å²) in [5, 5.41) is 2.56. The van der Waals surface area contributed by atoms with Crippen molar-refractivity contribution in [1.29, 1.82) is 0 Å². The Morgan fingerprint density at radius 1 is 1.12 bits per heavy atom. The molecule has 0 spiro atoms. The molecule has 1 fully saturated rings. The average molecular weight is 557 g/mol. The number of hydrogen-bond acceptors (Lipinski definition) is 10. The molecule has 0 radical (unpaired) electrons. The highest BCUT2D eigenvalue weighted by Crippen LogP contribution is 2.30. The Bertz CT molecular complexity index is 1210. The zero-order chi connectivity index (χ0) is 29.4. The van der Waals surface area contributed by atoms with Crippen LogP contribution in [0.3, 0.4) is 0 Å². The number of hydrogen-bond donors (Lipinski definition) is 1. The second kappa shape index (κ2) is 13.9. The lowest BCUT2D eigenvalue weighted by atomic mass is 9.91. The largest absolute Gasteiger partial charge is 0.493 e. The molecule has 0 aliphatic carbocycles. The third-order valence-electron chi connectivity index (χ3n) is 6.33. The molecule has 4 unspecified atom stereocenters. The fourth-order valence-corrected chi connectivity index (χ4v) is 4.20. The van der Waals surface area contributed by atoms with Gasteiger partial charge in [0.2, 0.25) is 5.75 Å². The molecule has 1 saturated heterocycles. The van der Waals surface area contributed by atoms with E-state index in [0.717, 1.165) is 11.1 Å². The van der Waals surface area contributed by atoms with Gasteiger partial charge in [0.1, 0.15) is 12.2 Å². The van der Waals surface area contributed by atoms with E-state index in [1.165, 1.54) is 26.3 Å². The van der Waals surface area contributed by atoms with Crippen LogP contribution in [0.4, 0.5) is 0 Å². The summed E-state index contributed by atoms with van der Waals surface area (Å²) in [6, 6.07) is 8.18. The number of aromatic nitrogens is 1. The zero-order valence-corrected chi connectivity index (χ0v) is 23.6. The Balaban J connectivity index is 1.85. The normalized spacial score (nSPS) is 21.3. The number of rotatable bonds is 8. The molecule has 1 amide bonds. The molecule has 1 aliphatic heterocycles. The van der Waals surface area contributed by atoms with Gasteiger partial charge in [-0.05, 0) is 25.8 Å². The topological polar surface area (TPSA) is 139 Å². The number of ether oxygens (including phenoxy) is 5. The molecule has 1 N–H and O–H groups in total. The maximum absolute atomic E-state index is 13.2.